The molecule has 1 aliphatic rings. The van der Waals surface area contributed by atoms with Crippen LogP contribution in [0.25, 0.3) is 0 Å². The minimum Gasteiger partial charge on any atom is -0.410 e. The van der Waals surface area contributed by atoms with E-state index in [1.807, 2.05) is 0 Å². The average Bonchev–Trinajstić information content (AvgIpc) is 2.25. The molecule has 100 valence electrons. The second-order valence-electron chi connectivity index (χ2n) is 6.40. The fourth-order valence-electron chi connectivity index (χ4n) is 1.61. The summed E-state index contributed by atoms with van der Waals surface area (Å²) in [7, 11) is -1.78. The summed E-state index contributed by atoms with van der Waals surface area (Å²) < 4.78 is 11.2. The molecule has 0 aromatic carbocycles. The van der Waals surface area contributed by atoms with Crippen molar-refractivity contribution in [2.24, 2.45) is 5.92 Å². The van der Waals surface area contributed by atoms with Crippen molar-refractivity contribution in [1.29, 1.82) is 0 Å². The Morgan fingerprint density at radius 3 is 2.29 bits per heavy atom. The van der Waals surface area contributed by atoms with Gasteiger partial charge in [0.25, 0.3) is 0 Å². The van der Waals surface area contributed by atoms with E-state index in [9.17, 15) is 4.79 Å². The molecule has 0 aromatic rings. The van der Waals surface area contributed by atoms with Crippen molar-refractivity contribution >= 4 is 14.1 Å². The summed E-state index contributed by atoms with van der Waals surface area (Å²) >= 11 is 0. The van der Waals surface area contributed by atoms with Crippen LogP contribution in [-0.2, 0) is 14.0 Å². The number of hydrogen-bond donors (Lipinski definition) is 0. The molecular formula is C13H26O3Si. The van der Waals surface area contributed by atoms with Gasteiger partial charge in [-0.1, -0.05) is 20.8 Å². The minimum atomic E-state index is -1.78. The fraction of sp³-hybridized carbons (Fsp3) is 0.923. The molecule has 0 radical (unpaired) electrons. The summed E-state index contributed by atoms with van der Waals surface area (Å²) in [6.07, 6.45) is 1.72. The number of ketones is 1. The predicted octanol–water partition coefficient (Wildman–Crippen LogP) is 3.00. The van der Waals surface area contributed by atoms with Gasteiger partial charge < -0.3 is 9.16 Å². The molecule has 0 spiro atoms. The zero-order valence-electron chi connectivity index (χ0n) is 11.8. The molecule has 1 rings (SSSR count). The molecular weight excluding hydrogens is 232 g/mol. The van der Waals surface area contributed by atoms with E-state index in [1.165, 1.54) is 0 Å². The van der Waals surface area contributed by atoms with Crippen molar-refractivity contribution in [2.45, 2.75) is 51.7 Å². The van der Waals surface area contributed by atoms with Crippen molar-refractivity contribution in [3.05, 3.63) is 0 Å². The standard InChI is InChI=1S/C13H26O3Si/c1-13(2,3)17(4,5)16-10-12(14)11-6-8-15-9-7-11/h11H,6-10H2,1-5H3. The second-order valence-corrected chi connectivity index (χ2v) is 11.2. The second kappa shape index (κ2) is 5.63. The molecule has 17 heavy (non-hydrogen) atoms. The highest BCUT2D eigenvalue weighted by Gasteiger charge is 2.38. The van der Waals surface area contributed by atoms with Gasteiger partial charge >= 0.3 is 0 Å². The fourth-order valence-corrected chi connectivity index (χ4v) is 2.54. The Morgan fingerprint density at radius 1 is 1.29 bits per heavy atom. The molecule has 0 aliphatic carbocycles. The van der Waals surface area contributed by atoms with Crippen molar-refractivity contribution in [1.82, 2.24) is 0 Å². The summed E-state index contributed by atoms with van der Waals surface area (Å²) in [5.41, 5.74) is 0. The Kier molecular flexibility index (Phi) is 4.92. The molecule has 0 saturated carbocycles. The molecule has 4 heteroatoms. The molecule has 0 bridgehead atoms. The van der Waals surface area contributed by atoms with Crippen LogP contribution >= 0.6 is 0 Å². The molecule has 0 N–H and O–H groups in total. The summed E-state index contributed by atoms with van der Waals surface area (Å²) in [6, 6.07) is 0. The third-order valence-corrected chi connectivity index (χ3v) is 8.54. The SMILES string of the molecule is CC(C)(C)[Si](C)(C)OCC(=O)C1CCOCC1. The Hall–Kier alpha value is -0.193. The van der Waals surface area contributed by atoms with Crippen molar-refractivity contribution in [2.75, 3.05) is 19.8 Å². The number of Topliss-reactive ketones (excluding diaryl/α,β-unsaturated/α-hetero) is 1. The van der Waals surface area contributed by atoms with Crippen molar-refractivity contribution in [3.8, 4) is 0 Å². The molecule has 1 fully saturated rings. The number of carbonyl (C=O) groups is 1. The quantitative estimate of drug-likeness (QED) is 0.727. The van der Waals surface area contributed by atoms with Gasteiger partial charge in [-0.2, -0.15) is 0 Å². The Balaban J connectivity index is 2.42. The molecule has 0 amide bonds. The molecule has 1 heterocycles. The van der Waals surface area contributed by atoms with E-state index in [-0.39, 0.29) is 16.7 Å². The van der Waals surface area contributed by atoms with Gasteiger partial charge in [0, 0.05) is 19.1 Å². The normalized spacial score (nSPS) is 19.4. The van der Waals surface area contributed by atoms with E-state index < -0.39 is 8.32 Å². The molecule has 0 aromatic heterocycles. The van der Waals surface area contributed by atoms with E-state index in [0.29, 0.717) is 6.61 Å². The lowest BCUT2D eigenvalue weighted by Gasteiger charge is -2.36. The molecule has 3 nitrogen and oxygen atoms in total. The van der Waals surface area contributed by atoms with Gasteiger partial charge in [0.1, 0.15) is 0 Å². The first-order valence-corrected chi connectivity index (χ1v) is 9.39. The zero-order chi connectivity index (χ0) is 13.1. The van der Waals surface area contributed by atoms with Gasteiger partial charge in [0.2, 0.25) is 0 Å². The van der Waals surface area contributed by atoms with Crippen LogP contribution in [0.2, 0.25) is 18.1 Å². The number of hydrogen-bond acceptors (Lipinski definition) is 3. The first kappa shape index (κ1) is 14.9. The average molecular weight is 258 g/mol. The van der Waals surface area contributed by atoms with Gasteiger partial charge in [-0.15, -0.1) is 0 Å². The lowest BCUT2D eigenvalue weighted by atomic mass is 9.96. The van der Waals surface area contributed by atoms with Crippen LogP contribution in [0.4, 0.5) is 0 Å². The first-order chi connectivity index (χ1) is 7.74. The van der Waals surface area contributed by atoms with Crippen LogP contribution in [-0.4, -0.2) is 33.9 Å². The highest BCUT2D eigenvalue weighted by molar-refractivity contribution is 6.74. The van der Waals surface area contributed by atoms with Crippen LogP contribution in [0, 0.1) is 5.92 Å². The van der Waals surface area contributed by atoms with E-state index in [1.54, 1.807) is 0 Å². The Bertz CT molecular complexity index is 262. The number of rotatable bonds is 4. The summed E-state index contributed by atoms with van der Waals surface area (Å²) in [4.78, 5) is 12.0. The molecule has 1 aliphatic heterocycles. The molecule has 0 unspecified atom stereocenters. The lowest BCUT2D eigenvalue weighted by molar-refractivity contribution is -0.128. The third-order valence-electron chi connectivity index (χ3n) is 4.06. The highest BCUT2D eigenvalue weighted by Crippen LogP contribution is 2.36. The number of ether oxygens (including phenoxy) is 1. The minimum absolute atomic E-state index is 0.161. The van der Waals surface area contributed by atoms with Gasteiger partial charge in [-0.3, -0.25) is 4.79 Å². The topological polar surface area (TPSA) is 35.5 Å². The lowest BCUT2D eigenvalue weighted by Crippen LogP contribution is -2.43. The maximum absolute atomic E-state index is 12.0. The number of carbonyl (C=O) groups excluding carboxylic acids is 1. The first-order valence-electron chi connectivity index (χ1n) is 6.48. The smallest absolute Gasteiger partial charge is 0.192 e. The predicted molar refractivity (Wildman–Crippen MR) is 71.7 cm³/mol. The highest BCUT2D eigenvalue weighted by atomic mass is 28.4. The van der Waals surface area contributed by atoms with Crippen LogP contribution in [0.5, 0.6) is 0 Å². The van der Waals surface area contributed by atoms with E-state index in [2.05, 4.69) is 33.9 Å². The maximum atomic E-state index is 12.0. The summed E-state index contributed by atoms with van der Waals surface area (Å²) in [5.74, 6) is 0.423. The van der Waals surface area contributed by atoms with E-state index in [0.717, 1.165) is 26.1 Å². The largest absolute Gasteiger partial charge is 0.410 e. The summed E-state index contributed by atoms with van der Waals surface area (Å²) in [6.45, 7) is 12.7. The maximum Gasteiger partial charge on any atom is 0.192 e. The van der Waals surface area contributed by atoms with Gasteiger partial charge in [0.05, 0.1) is 6.61 Å². The van der Waals surface area contributed by atoms with Crippen LogP contribution in [0.1, 0.15) is 33.6 Å². The van der Waals surface area contributed by atoms with E-state index >= 15 is 0 Å². The van der Waals surface area contributed by atoms with Gasteiger partial charge in [0.15, 0.2) is 14.1 Å². The van der Waals surface area contributed by atoms with Crippen molar-refractivity contribution in [3.63, 3.8) is 0 Å². The molecule has 1 saturated heterocycles. The molecule has 0 atom stereocenters. The van der Waals surface area contributed by atoms with Gasteiger partial charge in [-0.25, -0.2) is 0 Å². The van der Waals surface area contributed by atoms with Crippen molar-refractivity contribution < 1.29 is 14.0 Å². The monoisotopic (exact) mass is 258 g/mol. The Labute approximate surface area is 106 Å². The van der Waals surface area contributed by atoms with Crippen LogP contribution in [0.3, 0.4) is 0 Å². The Morgan fingerprint density at radius 2 is 1.82 bits per heavy atom. The van der Waals surface area contributed by atoms with Crippen LogP contribution in [0.15, 0.2) is 0 Å². The van der Waals surface area contributed by atoms with E-state index in [4.69, 9.17) is 9.16 Å². The zero-order valence-corrected chi connectivity index (χ0v) is 12.8. The summed E-state index contributed by atoms with van der Waals surface area (Å²) in [5, 5.41) is 0.170. The van der Waals surface area contributed by atoms with Gasteiger partial charge in [-0.05, 0) is 31.0 Å². The third kappa shape index (κ3) is 4.19. The van der Waals surface area contributed by atoms with Crippen LogP contribution < -0.4 is 0 Å².